The van der Waals surface area contributed by atoms with Gasteiger partial charge in [-0.05, 0) is 42.3 Å². The monoisotopic (exact) mass is 362 g/mol. The van der Waals surface area contributed by atoms with Crippen LogP contribution in [0.5, 0.6) is 0 Å². The molecule has 0 saturated carbocycles. The highest BCUT2D eigenvalue weighted by molar-refractivity contribution is 7.99. The Hall–Kier alpha value is -2.79. The Balaban J connectivity index is 1.86. The third-order valence-electron chi connectivity index (χ3n) is 4.51. The number of nitrogens with zero attached hydrogens (tertiary/aromatic N) is 2. The van der Waals surface area contributed by atoms with Gasteiger partial charge in [0.05, 0.1) is 29.6 Å². The largest absolute Gasteiger partial charge is 0.469 e. The minimum absolute atomic E-state index is 0.229. The molecule has 0 unspecified atom stereocenters. The molecule has 26 heavy (non-hydrogen) atoms. The topological polar surface area (TPSA) is 43.6 Å². The number of carbonyl (C=O) groups excluding carboxylic acids is 1. The van der Waals surface area contributed by atoms with Gasteiger partial charge in [-0.1, -0.05) is 36.0 Å². The van der Waals surface area contributed by atoms with Crippen LogP contribution in [0.3, 0.4) is 0 Å². The van der Waals surface area contributed by atoms with Crippen molar-refractivity contribution in [2.75, 3.05) is 7.11 Å². The van der Waals surface area contributed by atoms with Crippen LogP contribution in [0.25, 0.3) is 16.4 Å². The van der Waals surface area contributed by atoms with Crippen LogP contribution in [0.4, 0.5) is 0 Å². The molecular weight excluding hydrogens is 344 g/mol. The number of methoxy groups -OCH3 is 1. The zero-order valence-corrected chi connectivity index (χ0v) is 15.4. The molecule has 0 radical (unpaired) electrons. The lowest BCUT2D eigenvalue weighted by atomic mass is 10.1. The van der Waals surface area contributed by atoms with Gasteiger partial charge in [0, 0.05) is 22.7 Å². The number of carbonyl (C=O) groups is 1. The van der Waals surface area contributed by atoms with E-state index in [0.29, 0.717) is 0 Å². The molecule has 1 aromatic carbocycles. The van der Waals surface area contributed by atoms with Crippen LogP contribution in [-0.4, -0.2) is 22.5 Å². The van der Waals surface area contributed by atoms with E-state index >= 15 is 0 Å². The molecule has 0 aliphatic carbocycles. The van der Waals surface area contributed by atoms with Crippen LogP contribution in [-0.2, 0) is 16.0 Å². The van der Waals surface area contributed by atoms with Gasteiger partial charge in [-0.2, -0.15) is 0 Å². The average molecular weight is 362 g/mol. The number of para-hydroxylation sites is 1. The second-order valence-electron chi connectivity index (χ2n) is 6.05. The zero-order chi connectivity index (χ0) is 18.1. The molecule has 4 nitrogen and oxygen atoms in total. The summed E-state index contributed by atoms with van der Waals surface area (Å²) in [6, 6.07) is 16.2. The van der Waals surface area contributed by atoms with Gasteiger partial charge in [0.2, 0.25) is 0 Å². The first kappa shape index (κ1) is 16.7. The lowest BCUT2D eigenvalue weighted by molar-refractivity contribution is -0.139. The van der Waals surface area contributed by atoms with Crippen molar-refractivity contribution in [1.29, 1.82) is 0 Å². The minimum atomic E-state index is -0.229. The molecule has 0 aliphatic heterocycles. The standard InChI is InChI=1S/C21H18N2O2S/c1-14-16(13-19(24)25-2)17-9-3-4-12-23(17)21(14)26-18-10-5-7-15-8-6-11-22-20(15)18/h3-12H,13H2,1-2H3. The van der Waals surface area contributed by atoms with E-state index in [1.807, 2.05) is 42.7 Å². The molecule has 4 aromatic rings. The molecule has 0 bridgehead atoms. The molecule has 0 aliphatic rings. The maximum Gasteiger partial charge on any atom is 0.310 e. The van der Waals surface area contributed by atoms with Crippen molar-refractivity contribution in [3.05, 3.63) is 72.1 Å². The van der Waals surface area contributed by atoms with E-state index in [0.717, 1.165) is 37.5 Å². The third-order valence-corrected chi connectivity index (χ3v) is 5.76. The van der Waals surface area contributed by atoms with Gasteiger partial charge < -0.3 is 9.14 Å². The van der Waals surface area contributed by atoms with E-state index in [4.69, 9.17) is 4.74 Å². The van der Waals surface area contributed by atoms with Gasteiger partial charge in [0.25, 0.3) is 0 Å². The van der Waals surface area contributed by atoms with E-state index < -0.39 is 0 Å². The first-order valence-electron chi connectivity index (χ1n) is 8.36. The van der Waals surface area contributed by atoms with Crippen molar-refractivity contribution in [1.82, 2.24) is 9.38 Å². The van der Waals surface area contributed by atoms with Crippen molar-refractivity contribution < 1.29 is 9.53 Å². The maximum atomic E-state index is 11.9. The Morgan fingerprint density at radius 3 is 2.85 bits per heavy atom. The van der Waals surface area contributed by atoms with Crippen LogP contribution < -0.4 is 0 Å². The molecule has 0 amide bonds. The second-order valence-corrected chi connectivity index (χ2v) is 7.08. The van der Waals surface area contributed by atoms with Crippen molar-refractivity contribution in [2.24, 2.45) is 0 Å². The summed E-state index contributed by atoms with van der Waals surface area (Å²) >= 11 is 1.68. The number of hydrogen-bond donors (Lipinski definition) is 0. The lowest BCUT2D eigenvalue weighted by Crippen LogP contribution is -2.05. The predicted molar refractivity (Wildman–Crippen MR) is 104 cm³/mol. The summed E-state index contributed by atoms with van der Waals surface area (Å²) in [6.07, 6.45) is 4.12. The summed E-state index contributed by atoms with van der Waals surface area (Å²) in [5, 5.41) is 2.21. The van der Waals surface area contributed by atoms with Crippen LogP contribution in [0.15, 0.2) is 70.8 Å². The van der Waals surface area contributed by atoms with E-state index in [9.17, 15) is 4.79 Å². The number of esters is 1. The molecule has 0 N–H and O–H groups in total. The van der Waals surface area contributed by atoms with Gasteiger partial charge in [0.1, 0.15) is 0 Å². The minimum Gasteiger partial charge on any atom is -0.469 e. The molecule has 3 aromatic heterocycles. The maximum absolute atomic E-state index is 11.9. The first-order valence-corrected chi connectivity index (χ1v) is 9.17. The second kappa shape index (κ2) is 6.84. The smallest absolute Gasteiger partial charge is 0.310 e. The lowest BCUT2D eigenvalue weighted by Gasteiger charge is -2.07. The summed E-state index contributed by atoms with van der Waals surface area (Å²) in [5.74, 6) is -0.229. The number of fused-ring (bicyclic) bond motifs is 2. The van der Waals surface area contributed by atoms with E-state index in [-0.39, 0.29) is 12.4 Å². The Labute approximate surface area is 155 Å². The quantitative estimate of drug-likeness (QED) is 0.495. The number of pyridine rings is 2. The van der Waals surface area contributed by atoms with Crippen molar-refractivity contribution >= 4 is 34.2 Å². The number of rotatable bonds is 4. The van der Waals surface area contributed by atoms with Gasteiger partial charge >= 0.3 is 5.97 Å². The van der Waals surface area contributed by atoms with Gasteiger partial charge in [-0.3, -0.25) is 9.78 Å². The molecule has 3 heterocycles. The Bertz CT molecular complexity index is 1110. The highest BCUT2D eigenvalue weighted by Gasteiger charge is 2.19. The number of benzene rings is 1. The molecule has 5 heteroatoms. The van der Waals surface area contributed by atoms with Gasteiger partial charge in [-0.25, -0.2) is 0 Å². The molecule has 0 atom stereocenters. The molecule has 0 spiro atoms. The summed E-state index contributed by atoms with van der Waals surface area (Å²) in [4.78, 5) is 17.5. The predicted octanol–water partition coefficient (Wildman–Crippen LogP) is 4.66. The third kappa shape index (κ3) is 2.84. The first-order chi connectivity index (χ1) is 12.7. The number of ether oxygens (including phenoxy) is 1. The molecule has 130 valence electrons. The van der Waals surface area contributed by atoms with Crippen LogP contribution in [0.2, 0.25) is 0 Å². The summed E-state index contributed by atoms with van der Waals surface area (Å²) in [5.41, 5.74) is 4.12. The molecule has 4 rings (SSSR count). The average Bonchev–Trinajstić information content (AvgIpc) is 2.94. The van der Waals surface area contributed by atoms with Gasteiger partial charge in [0.15, 0.2) is 0 Å². The highest BCUT2D eigenvalue weighted by atomic mass is 32.2. The van der Waals surface area contributed by atoms with E-state index in [1.54, 1.807) is 11.8 Å². The van der Waals surface area contributed by atoms with Crippen molar-refractivity contribution in [3.63, 3.8) is 0 Å². The fourth-order valence-corrected chi connectivity index (χ4v) is 4.35. The summed E-state index contributed by atoms with van der Waals surface area (Å²) < 4.78 is 7.02. The SMILES string of the molecule is COC(=O)Cc1c(C)c(Sc2cccc3cccnc23)n2ccccc12. The van der Waals surface area contributed by atoms with Gasteiger partial charge in [-0.15, -0.1) is 0 Å². The highest BCUT2D eigenvalue weighted by Crippen LogP contribution is 2.38. The Morgan fingerprint density at radius 1 is 1.15 bits per heavy atom. The Kier molecular flexibility index (Phi) is 4.39. The summed E-state index contributed by atoms with van der Waals surface area (Å²) in [7, 11) is 1.42. The fourth-order valence-electron chi connectivity index (χ4n) is 3.20. The van der Waals surface area contributed by atoms with Crippen LogP contribution >= 0.6 is 11.8 Å². The van der Waals surface area contributed by atoms with Crippen molar-refractivity contribution in [3.8, 4) is 0 Å². The summed E-state index contributed by atoms with van der Waals surface area (Å²) in [6.45, 7) is 2.06. The number of aromatic nitrogens is 2. The normalized spacial score (nSPS) is 11.2. The van der Waals surface area contributed by atoms with Crippen molar-refractivity contribution in [2.45, 2.75) is 23.3 Å². The molecule has 0 saturated heterocycles. The fraction of sp³-hybridized carbons (Fsp3) is 0.143. The van der Waals surface area contributed by atoms with Crippen LogP contribution in [0.1, 0.15) is 11.1 Å². The molecular formula is C21H18N2O2S. The zero-order valence-electron chi connectivity index (χ0n) is 14.6. The van der Waals surface area contributed by atoms with Crippen LogP contribution in [0, 0.1) is 6.92 Å². The number of hydrogen-bond acceptors (Lipinski definition) is 4. The molecule has 0 fully saturated rings. The van der Waals surface area contributed by atoms with E-state index in [2.05, 4.69) is 34.5 Å². The van der Waals surface area contributed by atoms with E-state index in [1.165, 1.54) is 7.11 Å². The Morgan fingerprint density at radius 2 is 2.00 bits per heavy atom.